The van der Waals surface area contributed by atoms with E-state index >= 15 is 0 Å². The Balaban J connectivity index is 1.85. The van der Waals surface area contributed by atoms with Crippen molar-refractivity contribution in [2.24, 2.45) is 0 Å². The molecule has 3 nitrogen and oxygen atoms in total. The molecule has 1 aliphatic heterocycles. The Kier molecular flexibility index (Phi) is 3.22. The van der Waals surface area contributed by atoms with Crippen LogP contribution in [0.5, 0.6) is 5.75 Å². The van der Waals surface area contributed by atoms with Gasteiger partial charge in [-0.3, -0.25) is 0 Å². The number of hydrogen-bond acceptors (Lipinski definition) is 3. The fourth-order valence-corrected chi connectivity index (χ4v) is 2.39. The highest BCUT2D eigenvalue weighted by Gasteiger charge is 2.18. The van der Waals surface area contributed by atoms with Crippen molar-refractivity contribution in [3.8, 4) is 5.75 Å². The van der Waals surface area contributed by atoms with E-state index in [0.29, 0.717) is 6.61 Å². The minimum Gasteiger partial charge on any atom is -0.489 e. The molecule has 98 valence electrons. The summed E-state index contributed by atoms with van der Waals surface area (Å²) in [6, 6.07) is 13.7. The lowest BCUT2D eigenvalue weighted by atomic mass is 10.1. The smallest absolute Gasteiger partial charge is 0.144 e. The number of rotatable bonds is 2. The molecular weight excluding hydrogens is 260 g/mol. The second-order valence-corrected chi connectivity index (χ2v) is 5.06. The van der Waals surface area contributed by atoms with Crippen LogP contribution in [0, 0.1) is 0 Å². The molecule has 1 heterocycles. The average molecular weight is 275 g/mol. The summed E-state index contributed by atoms with van der Waals surface area (Å²) in [5.74, 6) is 0.861. The van der Waals surface area contributed by atoms with Crippen molar-refractivity contribution in [1.29, 1.82) is 0 Å². The van der Waals surface area contributed by atoms with Gasteiger partial charge >= 0.3 is 0 Å². The molecule has 0 bridgehead atoms. The fourth-order valence-electron chi connectivity index (χ4n) is 2.27. The molecule has 0 radical (unpaired) electrons. The average Bonchev–Trinajstić information content (AvgIpc) is 2.41. The van der Waals surface area contributed by atoms with Gasteiger partial charge in [0.25, 0.3) is 0 Å². The zero-order chi connectivity index (χ0) is 13.2. The number of nitrogens with zero attached hydrogens (tertiary/aromatic N) is 1. The summed E-state index contributed by atoms with van der Waals surface area (Å²) in [5, 5.41) is 0.763. The SMILES string of the molecule is Nc1ccc2c(c1)OCCN2Cc1ccc(Cl)cc1. The quantitative estimate of drug-likeness (QED) is 0.854. The van der Waals surface area contributed by atoms with Crippen LogP contribution < -0.4 is 15.4 Å². The molecule has 0 aromatic heterocycles. The molecule has 2 aromatic carbocycles. The molecule has 4 heteroatoms. The zero-order valence-electron chi connectivity index (χ0n) is 10.5. The molecule has 0 amide bonds. The second-order valence-electron chi connectivity index (χ2n) is 4.62. The third kappa shape index (κ3) is 2.61. The van der Waals surface area contributed by atoms with Gasteiger partial charge in [0, 0.05) is 23.3 Å². The summed E-state index contributed by atoms with van der Waals surface area (Å²) in [5.41, 5.74) is 8.84. The van der Waals surface area contributed by atoms with Crippen LogP contribution in [0.15, 0.2) is 42.5 Å². The van der Waals surface area contributed by atoms with E-state index in [0.717, 1.165) is 35.2 Å². The van der Waals surface area contributed by atoms with Crippen molar-refractivity contribution in [2.45, 2.75) is 6.54 Å². The van der Waals surface area contributed by atoms with Crippen LogP contribution in [0.25, 0.3) is 0 Å². The molecule has 0 saturated carbocycles. The lowest BCUT2D eigenvalue weighted by molar-refractivity contribution is 0.307. The molecule has 0 unspecified atom stereocenters. The summed E-state index contributed by atoms with van der Waals surface area (Å²) >= 11 is 5.91. The number of nitrogen functional groups attached to an aromatic ring is 1. The molecule has 1 aliphatic rings. The van der Waals surface area contributed by atoms with Crippen molar-refractivity contribution in [3.05, 3.63) is 53.1 Å². The molecule has 0 spiro atoms. The Hall–Kier alpha value is -1.87. The van der Waals surface area contributed by atoms with Crippen molar-refractivity contribution in [1.82, 2.24) is 0 Å². The van der Waals surface area contributed by atoms with Crippen LogP contribution >= 0.6 is 11.6 Å². The topological polar surface area (TPSA) is 38.5 Å². The number of ether oxygens (including phenoxy) is 1. The van der Waals surface area contributed by atoms with Crippen LogP contribution in [-0.2, 0) is 6.54 Å². The third-order valence-corrected chi connectivity index (χ3v) is 3.48. The Labute approximate surface area is 117 Å². The zero-order valence-corrected chi connectivity index (χ0v) is 11.2. The number of fused-ring (bicyclic) bond motifs is 1. The highest BCUT2D eigenvalue weighted by molar-refractivity contribution is 6.30. The number of anilines is 2. The maximum atomic E-state index is 5.91. The number of nitrogens with two attached hydrogens (primary N) is 1. The highest BCUT2D eigenvalue weighted by atomic mass is 35.5. The van der Waals surface area contributed by atoms with Gasteiger partial charge in [0.1, 0.15) is 12.4 Å². The van der Waals surface area contributed by atoms with Crippen molar-refractivity contribution in [2.75, 3.05) is 23.8 Å². The number of hydrogen-bond donors (Lipinski definition) is 1. The Morgan fingerprint density at radius 1 is 1.16 bits per heavy atom. The predicted molar refractivity (Wildman–Crippen MR) is 78.9 cm³/mol. The normalized spacial score (nSPS) is 13.8. The fraction of sp³-hybridized carbons (Fsp3) is 0.200. The van der Waals surface area contributed by atoms with Gasteiger partial charge in [-0.2, -0.15) is 0 Å². The molecule has 2 aromatic rings. The maximum absolute atomic E-state index is 5.91. The van der Waals surface area contributed by atoms with E-state index < -0.39 is 0 Å². The first kappa shape index (κ1) is 12.2. The van der Waals surface area contributed by atoms with Gasteiger partial charge in [0.2, 0.25) is 0 Å². The third-order valence-electron chi connectivity index (χ3n) is 3.23. The minimum atomic E-state index is 0.685. The van der Waals surface area contributed by atoms with Gasteiger partial charge in [-0.1, -0.05) is 23.7 Å². The van der Waals surface area contributed by atoms with E-state index in [-0.39, 0.29) is 0 Å². The van der Waals surface area contributed by atoms with Crippen LogP contribution in [-0.4, -0.2) is 13.2 Å². The number of halogens is 1. The van der Waals surface area contributed by atoms with Crippen LogP contribution in [0.3, 0.4) is 0 Å². The van der Waals surface area contributed by atoms with E-state index in [1.54, 1.807) is 0 Å². The summed E-state index contributed by atoms with van der Waals surface area (Å²) < 4.78 is 5.65. The first-order valence-corrected chi connectivity index (χ1v) is 6.62. The van der Waals surface area contributed by atoms with Crippen molar-refractivity contribution in [3.63, 3.8) is 0 Å². The first-order valence-electron chi connectivity index (χ1n) is 6.24. The van der Waals surface area contributed by atoms with Gasteiger partial charge in [-0.15, -0.1) is 0 Å². The van der Waals surface area contributed by atoms with E-state index in [2.05, 4.69) is 17.0 Å². The van der Waals surface area contributed by atoms with Gasteiger partial charge in [-0.05, 0) is 29.8 Å². The summed E-state index contributed by atoms with van der Waals surface area (Å²) in [6.07, 6.45) is 0. The second kappa shape index (κ2) is 5.02. The molecule has 0 fully saturated rings. The van der Waals surface area contributed by atoms with Gasteiger partial charge in [0.15, 0.2) is 0 Å². The molecule has 0 saturated heterocycles. The van der Waals surface area contributed by atoms with Crippen LogP contribution in [0.1, 0.15) is 5.56 Å². The van der Waals surface area contributed by atoms with Crippen molar-refractivity contribution < 1.29 is 4.74 Å². The van der Waals surface area contributed by atoms with E-state index in [9.17, 15) is 0 Å². The van der Waals surface area contributed by atoms with E-state index in [4.69, 9.17) is 22.1 Å². The summed E-state index contributed by atoms with van der Waals surface area (Å²) in [4.78, 5) is 2.29. The Morgan fingerprint density at radius 3 is 2.74 bits per heavy atom. The van der Waals surface area contributed by atoms with Crippen LogP contribution in [0.4, 0.5) is 11.4 Å². The lowest BCUT2D eigenvalue weighted by Crippen LogP contribution is -2.32. The van der Waals surface area contributed by atoms with Crippen LogP contribution in [0.2, 0.25) is 5.02 Å². The van der Waals surface area contributed by atoms with Gasteiger partial charge < -0.3 is 15.4 Å². The predicted octanol–water partition coefficient (Wildman–Crippen LogP) is 3.32. The lowest BCUT2D eigenvalue weighted by Gasteiger charge is -2.31. The summed E-state index contributed by atoms with van der Waals surface area (Å²) in [6.45, 7) is 2.40. The maximum Gasteiger partial charge on any atom is 0.144 e. The monoisotopic (exact) mass is 274 g/mol. The molecule has 3 rings (SSSR count). The van der Waals surface area contributed by atoms with E-state index in [1.165, 1.54) is 5.56 Å². The standard InChI is InChI=1S/C15H15ClN2O/c16-12-3-1-11(2-4-12)10-18-7-8-19-15-9-13(17)5-6-14(15)18/h1-6,9H,7-8,10,17H2. The number of benzene rings is 2. The van der Waals surface area contributed by atoms with E-state index in [1.807, 2.05) is 30.3 Å². The Bertz CT molecular complexity index is 583. The molecule has 0 aliphatic carbocycles. The van der Waals surface area contributed by atoms with Gasteiger partial charge in [0.05, 0.1) is 12.2 Å². The molecule has 2 N–H and O–H groups in total. The van der Waals surface area contributed by atoms with Crippen molar-refractivity contribution >= 4 is 23.0 Å². The molecule has 0 atom stereocenters. The minimum absolute atomic E-state index is 0.685. The Morgan fingerprint density at radius 2 is 1.95 bits per heavy atom. The summed E-state index contributed by atoms with van der Waals surface area (Å²) in [7, 11) is 0. The first-order chi connectivity index (χ1) is 9.22. The molecule has 19 heavy (non-hydrogen) atoms. The van der Waals surface area contributed by atoms with Gasteiger partial charge in [-0.25, -0.2) is 0 Å². The molecular formula is C15H15ClN2O. The largest absolute Gasteiger partial charge is 0.489 e. The highest BCUT2D eigenvalue weighted by Crippen LogP contribution is 2.34.